The van der Waals surface area contributed by atoms with Crippen LogP contribution >= 0.6 is 0 Å². The van der Waals surface area contributed by atoms with Crippen LogP contribution in [0.25, 0.3) is 10.9 Å². The number of fused-ring (bicyclic) bond motifs is 4. The van der Waals surface area contributed by atoms with Crippen molar-refractivity contribution < 1.29 is 4.74 Å². The van der Waals surface area contributed by atoms with E-state index in [4.69, 9.17) is 4.74 Å². The van der Waals surface area contributed by atoms with E-state index in [0.717, 1.165) is 12.1 Å². The number of benzene rings is 1. The number of ether oxygens (including phenoxy) is 1. The van der Waals surface area contributed by atoms with Crippen molar-refractivity contribution in [3.63, 3.8) is 0 Å². The average Bonchev–Trinajstić information content (AvgIpc) is 2.99. The van der Waals surface area contributed by atoms with Crippen LogP contribution in [0.1, 0.15) is 36.8 Å². The monoisotopic (exact) mass is 225 g/mol. The molecule has 0 amide bonds. The van der Waals surface area contributed by atoms with E-state index in [1.165, 1.54) is 42.2 Å². The molecule has 2 aliphatic rings. The lowest BCUT2D eigenvalue weighted by atomic mass is 9.88. The molecule has 0 bridgehead atoms. The first kappa shape index (κ1) is 9.60. The normalized spacial score (nSPS) is 21.2. The fraction of sp³-hybridized carbons (Fsp3) is 0.400. The highest BCUT2D eigenvalue weighted by molar-refractivity contribution is 5.84. The topological polar surface area (TPSA) is 22.1 Å². The van der Waals surface area contributed by atoms with Crippen molar-refractivity contribution in [1.29, 1.82) is 0 Å². The zero-order valence-corrected chi connectivity index (χ0v) is 9.78. The smallest absolute Gasteiger partial charge is 0.0946 e. The Morgan fingerprint density at radius 1 is 1.12 bits per heavy atom. The van der Waals surface area contributed by atoms with Crippen LogP contribution in [0.4, 0.5) is 0 Å². The molecule has 2 aromatic rings. The van der Waals surface area contributed by atoms with E-state index in [0.29, 0.717) is 0 Å². The second-order valence-corrected chi connectivity index (χ2v) is 5.17. The van der Waals surface area contributed by atoms with Crippen LogP contribution in [0, 0.1) is 0 Å². The van der Waals surface area contributed by atoms with Crippen molar-refractivity contribution in [2.24, 2.45) is 0 Å². The molecule has 0 radical (unpaired) electrons. The van der Waals surface area contributed by atoms with Gasteiger partial charge in [0.2, 0.25) is 0 Å². The third-order valence-electron chi connectivity index (χ3n) is 4.22. The SMILES string of the molecule is c1ccc2c3c(cnc2c1)COC31CCCC1. The molecule has 1 fully saturated rings. The Balaban J connectivity index is 2.05. The lowest BCUT2D eigenvalue weighted by Gasteiger charge is -2.24. The highest BCUT2D eigenvalue weighted by Crippen LogP contribution is 2.50. The van der Waals surface area contributed by atoms with Gasteiger partial charge in [-0.15, -0.1) is 0 Å². The molecule has 0 unspecified atom stereocenters. The molecule has 17 heavy (non-hydrogen) atoms. The van der Waals surface area contributed by atoms with Crippen molar-refractivity contribution in [2.75, 3.05) is 0 Å². The van der Waals surface area contributed by atoms with E-state index >= 15 is 0 Å². The number of para-hydroxylation sites is 1. The molecule has 0 saturated heterocycles. The lowest BCUT2D eigenvalue weighted by molar-refractivity contribution is -0.0317. The fourth-order valence-electron chi connectivity index (χ4n) is 3.46. The second kappa shape index (κ2) is 3.30. The van der Waals surface area contributed by atoms with Gasteiger partial charge >= 0.3 is 0 Å². The number of hydrogen-bond donors (Lipinski definition) is 0. The molecular weight excluding hydrogens is 210 g/mol. The maximum absolute atomic E-state index is 6.14. The van der Waals surface area contributed by atoms with Gasteiger partial charge in [-0.25, -0.2) is 0 Å². The number of aromatic nitrogens is 1. The van der Waals surface area contributed by atoms with Gasteiger partial charge in [0.15, 0.2) is 0 Å². The molecular formula is C15H15NO. The highest BCUT2D eigenvalue weighted by Gasteiger charge is 2.43. The minimum Gasteiger partial charge on any atom is -0.366 e. The minimum atomic E-state index is 0.0118. The van der Waals surface area contributed by atoms with E-state index in [9.17, 15) is 0 Å². The predicted molar refractivity (Wildman–Crippen MR) is 66.7 cm³/mol. The first-order valence-corrected chi connectivity index (χ1v) is 6.40. The molecule has 4 rings (SSSR count). The number of rotatable bonds is 0. The quantitative estimate of drug-likeness (QED) is 0.684. The summed E-state index contributed by atoms with van der Waals surface area (Å²) < 4.78 is 6.14. The Morgan fingerprint density at radius 2 is 1.94 bits per heavy atom. The molecule has 2 heterocycles. The van der Waals surface area contributed by atoms with Crippen LogP contribution < -0.4 is 0 Å². The molecule has 86 valence electrons. The molecule has 2 nitrogen and oxygen atoms in total. The van der Waals surface area contributed by atoms with E-state index in [1.54, 1.807) is 0 Å². The Kier molecular flexibility index (Phi) is 1.86. The minimum absolute atomic E-state index is 0.0118. The van der Waals surface area contributed by atoms with E-state index in [2.05, 4.69) is 29.2 Å². The van der Waals surface area contributed by atoms with Crippen molar-refractivity contribution in [2.45, 2.75) is 37.9 Å². The van der Waals surface area contributed by atoms with Crippen molar-refractivity contribution >= 4 is 10.9 Å². The van der Waals surface area contributed by atoms with Crippen LogP contribution in [0.3, 0.4) is 0 Å². The molecule has 1 aromatic carbocycles. The standard InChI is InChI=1S/C15H15NO/c1-2-6-13-12(5-1)14-11(9-16-13)10-17-15(14)7-3-4-8-15/h1-2,5-6,9H,3-4,7-8,10H2. The zero-order valence-electron chi connectivity index (χ0n) is 9.78. The average molecular weight is 225 g/mol. The summed E-state index contributed by atoms with van der Waals surface area (Å²) in [7, 11) is 0. The van der Waals surface area contributed by atoms with Crippen LogP contribution in [0.2, 0.25) is 0 Å². The van der Waals surface area contributed by atoms with Gasteiger partial charge in [0.05, 0.1) is 17.7 Å². The molecule has 0 atom stereocenters. The number of hydrogen-bond acceptors (Lipinski definition) is 2. The summed E-state index contributed by atoms with van der Waals surface area (Å²) in [6.45, 7) is 0.743. The summed E-state index contributed by atoms with van der Waals surface area (Å²) in [5.74, 6) is 0. The largest absolute Gasteiger partial charge is 0.366 e. The summed E-state index contributed by atoms with van der Waals surface area (Å²) in [6.07, 6.45) is 6.93. The zero-order chi connectivity index (χ0) is 11.3. The number of pyridine rings is 1. The summed E-state index contributed by atoms with van der Waals surface area (Å²) in [5.41, 5.74) is 3.84. The van der Waals surface area contributed by atoms with Gasteiger partial charge < -0.3 is 4.74 Å². The van der Waals surface area contributed by atoms with Crippen molar-refractivity contribution in [3.05, 3.63) is 41.6 Å². The van der Waals surface area contributed by atoms with Gasteiger partial charge in [0.25, 0.3) is 0 Å². The predicted octanol–water partition coefficient (Wildman–Crippen LogP) is 3.53. The molecule has 1 saturated carbocycles. The Labute approximate surface area is 101 Å². The molecule has 2 heteroatoms. The first-order chi connectivity index (χ1) is 8.39. The molecule has 0 N–H and O–H groups in total. The first-order valence-electron chi connectivity index (χ1n) is 6.40. The van der Waals surface area contributed by atoms with Crippen molar-refractivity contribution in [1.82, 2.24) is 4.98 Å². The van der Waals surface area contributed by atoms with E-state index < -0.39 is 0 Å². The summed E-state index contributed by atoms with van der Waals surface area (Å²) in [6, 6.07) is 8.44. The molecule has 1 aliphatic heterocycles. The maximum atomic E-state index is 6.14. The van der Waals surface area contributed by atoms with E-state index in [1.807, 2.05) is 6.20 Å². The Morgan fingerprint density at radius 3 is 2.82 bits per heavy atom. The van der Waals surface area contributed by atoms with Crippen LogP contribution in [0.15, 0.2) is 30.5 Å². The summed E-state index contributed by atoms with van der Waals surface area (Å²) >= 11 is 0. The Hall–Kier alpha value is -1.41. The molecule has 1 aromatic heterocycles. The third-order valence-corrected chi connectivity index (χ3v) is 4.22. The van der Waals surface area contributed by atoms with E-state index in [-0.39, 0.29) is 5.60 Å². The summed E-state index contributed by atoms with van der Waals surface area (Å²) in [5, 5.41) is 1.30. The van der Waals surface area contributed by atoms with Crippen LogP contribution in [0.5, 0.6) is 0 Å². The van der Waals surface area contributed by atoms with Crippen molar-refractivity contribution in [3.8, 4) is 0 Å². The van der Waals surface area contributed by atoms with Gasteiger partial charge in [-0.2, -0.15) is 0 Å². The van der Waals surface area contributed by atoms with Gasteiger partial charge in [0.1, 0.15) is 0 Å². The highest BCUT2D eigenvalue weighted by atomic mass is 16.5. The molecule has 1 aliphatic carbocycles. The fourth-order valence-corrected chi connectivity index (χ4v) is 3.46. The van der Waals surface area contributed by atoms with Crippen LogP contribution in [-0.4, -0.2) is 4.98 Å². The van der Waals surface area contributed by atoms with Gasteiger partial charge in [0, 0.05) is 22.7 Å². The Bertz CT molecular complexity index is 584. The van der Waals surface area contributed by atoms with Gasteiger partial charge in [-0.1, -0.05) is 31.0 Å². The summed E-state index contributed by atoms with van der Waals surface area (Å²) in [4.78, 5) is 4.53. The molecule has 1 spiro atoms. The second-order valence-electron chi connectivity index (χ2n) is 5.17. The maximum Gasteiger partial charge on any atom is 0.0946 e. The third kappa shape index (κ3) is 1.22. The van der Waals surface area contributed by atoms with Gasteiger partial charge in [-0.05, 0) is 18.9 Å². The van der Waals surface area contributed by atoms with Gasteiger partial charge in [-0.3, -0.25) is 4.98 Å². The lowest BCUT2D eigenvalue weighted by Crippen LogP contribution is -2.20. The number of nitrogens with zero attached hydrogens (tertiary/aromatic N) is 1. The van der Waals surface area contributed by atoms with Crippen LogP contribution in [-0.2, 0) is 16.9 Å².